The van der Waals surface area contributed by atoms with E-state index < -0.39 is 11.9 Å². The van der Waals surface area contributed by atoms with Crippen molar-refractivity contribution in [2.24, 2.45) is 0 Å². The molecule has 24 heavy (non-hydrogen) atoms. The van der Waals surface area contributed by atoms with Gasteiger partial charge in [-0.15, -0.1) is 0 Å². The molecule has 2 N–H and O–H groups in total. The summed E-state index contributed by atoms with van der Waals surface area (Å²) in [6, 6.07) is 13.3. The fraction of sp³-hybridized carbons (Fsp3) is 0.111. The molecule has 2 aromatic rings. The van der Waals surface area contributed by atoms with Crippen LogP contribution in [0.1, 0.15) is 15.9 Å². The summed E-state index contributed by atoms with van der Waals surface area (Å²) >= 11 is 0. The number of hydrogen-bond donors (Lipinski definition) is 2. The Morgan fingerprint density at radius 2 is 1.67 bits per heavy atom. The number of carbonyl (C=O) groups excluding carboxylic acids is 1. The number of benzene rings is 2. The maximum Gasteiger partial charge on any atom is 0.352 e. The van der Waals surface area contributed by atoms with Gasteiger partial charge in [-0.2, -0.15) is 0 Å². The molecule has 0 radical (unpaired) electrons. The van der Waals surface area contributed by atoms with Gasteiger partial charge in [-0.25, -0.2) is 4.79 Å². The molecule has 1 amide bonds. The number of ether oxygens (including phenoxy) is 2. The maximum atomic E-state index is 12.1. The molecule has 0 unspecified atom stereocenters. The van der Waals surface area contributed by atoms with Crippen LogP contribution in [0.5, 0.6) is 11.5 Å². The number of carbonyl (C=O) groups is 2. The van der Waals surface area contributed by atoms with Crippen LogP contribution < -0.4 is 14.8 Å². The fourth-order valence-electron chi connectivity index (χ4n) is 2.04. The summed E-state index contributed by atoms with van der Waals surface area (Å²) in [5.41, 5.74) is 0.687. The molecule has 6 nitrogen and oxygen atoms in total. The zero-order valence-corrected chi connectivity index (χ0v) is 13.3. The molecular weight excluding hydrogens is 310 g/mol. The molecule has 0 bridgehead atoms. The van der Waals surface area contributed by atoms with Crippen LogP contribution in [-0.4, -0.2) is 31.2 Å². The summed E-state index contributed by atoms with van der Waals surface area (Å²) in [7, 11) is 3.00. The van der Waals surface area contributed by atoms with Gasteiger partial charge in [-0.05, 0) is 35.9 Å². The van der Waals surface area contributed by atoms with Crippen molar-refractivity contribution in [1.82, 2.24) is 5.32 Å². The predicted octanol–water partition coefficient (Wildman–Crippen LogP) is 2.56. The first kappa shape index (κ1) is 17.1. The molecule has 2 rings (SSSR count). The van der Waals surface area contributed by atoms with Crippen LogP contribution in [0, 0.1) is 0 Å². The molecule has 2 aromatic carbocycles. The Labute approximate surface area is 139 Å². The summed E-state index contributed by atoms with van der Waals surface area (Å²) in [6.45, 7) is 0. The highest BCUT2D eigenvalue weighted by Crippen LogP contribution is 2.28. The van der Waals surface area contributed by atoms with E-state index in [4.69, 9.17) is 9.47 Å². The summed E-state index contributed by atoms with van der Waals surface area (Å²) in [6.07, 6.45) is 1.35. The predicted molar refractivity (Wildman–Crippen MR) is 89.1 cm³/mol. The number of amides is 1. The van der Waals surface area contributed by atoms with Gasteiger partial charge in [0.1, 0.15) is 5.70 Å². The second-order valence-corrected chi connectivity index (χ2v) is 4.80. The second-order valence-electron chi connectivity index (χ2n) is 4.80. The normalized spacial score (nSPS) is 10.8. The van der Waals surface area contributed by atoms with Crippen molar-refractivity contribution in [3.8, 4) is 11.5 Å². The molecule has 0 spiro atoms. The monoisotopic (exact) mass is 327 g/mol. The molecule has 0 aromatic heterocycles. The topological polar surface area (TPSA) is 84.9 Å². The van der Waals surface area contributed by atoms with Crippen LogP contribution in [0.4, 0.5) is 0 Å². The summed E-state index contributed by atoms with van der Waals surface area (Å²) < 4.78 is 10.3. The van der Waals surface area contributed by atoms with Crippen molar-refractivity contribution < 1.29 is 24.2 Å². The van der Waals surface area contributed by atoms with Crippen LogP contribution >= 0.6 is 0 Å². The van der Waals surface area contributed by atoms with Gasteiger partial charge in [-0.3, -0.25) is 4.79 Å². The number of aliphatic carboxylic acids is 1. The largest absolute Gasteiger partial charge is 0.493 e. The van der Waals surface area contributed by atoms with Crippen LogP contribution in [0.15, 0.2) is 54.2 Å². The van der Waals surface area contributed by atoms with Crippen LogP contribution in [0.25, 0.3) is 6.08 Å². The molecule has 0 aliphatic rings. The van der Waals surface area contributed by atoms with Crippen molar-refractivity contribution in [1.29, 1.82) is 0 Å². The van der Waals surface area contributed by atoms with Gasteiger partial charge >= 0.3 is 5.97 Å². The third kappa shape index (κ3) is 4.13. The lowest BCUT2D eigenvalue weighted by molar-refractivity contribution is -0.132. The van der Waals surface area contributed by atoms with Gasteiger partial charge in [0.05, 0.1) is 14.2 Å². The van der Waals surface area contributed by atoms with Crippen LogP contribution in [-0.2, 0) is 4.79 Å². The zero-order valence-electron chi connectivity index (χ0n) is 13.3. The van der Waals surface area contributed by atoms with Crippen molar-refractivity contribution in [2.75, 3.05) is 14.2 Å². The third-order valence-corrected chi connectivity index (χ3v) is 3.23. The lowest BCUT2D eigenvalue weighted by atomic mass is 10.1. The minimum atomic E-state index is -1.24. The number of methoxy groups -OCH3 is 2. The van der Waals surface area contributed by atoms with Gasteiger partial charge in [0, 0.05) is 5.56 Å². The third-order valence-electron chi connectivity index (χ3n) is 3.23. The van der Waals surface area contributed by atoms with E-state index in [0.717, 1.165) is 0 Å². The van der Waals surface area contributed by atoms with E-state index in [2.05, 4.69) is 5.32 Å². The number of carboxylic acids is 1. The van der Waals surface area contributed by atoms with E-state index in [1.54, 1.807) is 48.5 Å². The molecule has 0 saturated heterocycles. The van der Waals surface area contributed by atoms with Crippen molar-refractivity contribution >= 4 is 18.0 Å². The van der Waals surface area contributed by atoms with E-state index in [-0.39, 0.29) is 5.70 Å². The molecule has 0 atom stereocenters. The summed E-state index contributed by atoms with van der Waals surface area (Å²) in [5, 5.41) is 11.7. The first-order valence-electron chi connectivity index (χ1n) is 7.08. The smallest absolute Gasteiger partial charge is 0.352 e. The molecule has 0 aliphatic heterocycles. The average Bonchev–Trinajstić information content (AvgIpc) is 2.61. The maximum absolute atomic E-state index is 12.1. The Morgan fingerprint density at radius 3 is 2.25 bits per heavy atom. The van der Waals surface area contributed by atoms with Gasteiger partial charge in [0.15, 0.2) is 11.5 Å². The first-order valence-corrected chi connectivity index (χ1v) is 7.08. The Bertz CT molecular complexity index is 768. The molecule has 6 heteroatoms. The number of hydrogen-bond acceptors (Lipinski definition) is 4. The Morgan fingerprint density at radius 1 is 1.00 bits per heavy atom. The van der Waals surface area contributed by atoms with Crippen molar-refractivity contribution in [2.45, 2.75) is 0 Å². The SMILES string of the molecule is COc1ccc(/C=C(/NC(=O)c2ccccc2)C(=O)O)cc1OC. The van der Waals surface area contributed by atoms with E-state index in [0.29, 0.717) is 22.6 Å². The van der Waals surface area contributed by atoms with E-state index >= 15 is 0 Å². The van der Waals surface area contributed by atoms with Crippen molar-refractivity contribution in [3.05, 3.63) is 65.4 Å². The van der Waals surface area contributed by atoms with Gasteiger partial charge in [-0.1, -0.05) is 24.3 Å². The average molecular weight is 327 g/mol. The molecule has 0 aliphatic carbocycles. The summed E-state index contributed by atoms with van der Waals surface area (Å²) in [5.74, 6) is -0.746. The van der Waals surface area contributed by atoms with Gasteiger partial charge in [0.2, 0.25) is 0 Å². The number of nitrogens with one attached hydrogen (secondary N) is 1. The standard InChI is InChI=1S/C18H17NO5/c1-23-15-9-8-12(11-16(15)24-2)10-14(18(21)22)19-17(20)13-6-4-3-5-7-13/h3-11H,1-2H3,(H,19,20)(H,21,22)/b14-10+. The Balaban J connectivity index is 2.29. The highest BCUT2D eigenvalue weighted by molar-refractivity contribution is 6.02. The van der Waals surface area contributed by atoms with Crippen LogP contribution in [0.3, 0.4) is 0 Å². The molecule has 0 heterocycles. The molecule has 0 saturated carbocycles. The lowest BCUT2D eigenvalue weighted by Crippen LogP contribution is -2.27. The number of rotatable bonds is 6. The second kappa shape index (κ2) is 7.82. The minimum absolute atomic E-state index is 0.240. The van der Waals surface area contributed by atoms with Crippen LogP contribution in [0.2, 0.25) is 0 Å². The molecule has 0 fully saturated rings. The van der Waals surface area contributed by atoms with E-state index in [1.165, 1.54) is 20.3 Å². The first-order chi connectivity index (χ1) is 11.5. The minimum Gasteiger partial charge on any atom is -0.493 e. The Kier molecular flexibility index (Phi) is 5.57. The summed E-state index contributed by atoms with van der Waals surface area (Å²) in [4.78, 5) is 23.5. The van der Waals surface area contributed by atoms with Gasteiger partial charge < -0.3 is 19.9 Å². The zero-order chi connectivity index (χ0) is 17.5. The highest BCUT2D eigenvalue weighted by atomic mass is 16.5. The lowest BCUT2D eigenvalue weighted by Gasteiger charge is -2.09. The molecular formula is C18H17NO5. The van der Waals surface area contributed by atoms with E-state index in [9.17, 15) is 14.7 Å². The number of carboxylic acid groups (broad SMARTS) is 1. The van der Waals surface area contributed by atoms with Crippen molar-refractivity contribution in [3.63, 3.8) is 0 Å². The van der Waals surface area contributed by atoms with E-state index in [1.807, 2.05) is 0 Å². The highest BCUT2D eigenvalue weighted by Gasteiger charge is 2.14. The molecule has 124 valence electrons. The quantitative estimate of drug-likeness (QED) is 0.797. The Hall–Kier alpha value is -3.28. The fourth-order valence-corrected chi connectivity index (χ4v) is 2.04. The van der Waals surface area contributed by atoms with Gasteiger partial charge in [0.25, 0.3) is 5.91 Å².